The van der Waals surface area contributed by atoms with Gasteiger partial charge in [0.05, 0.1) is 36.0 Å². The Labute approximate surface area is 177 Å². The first-order valence-corrected chi connectivity index (χ1v) is 9.82. The highest BCUT2D eigenvalue weighted by atomic mass is 19.4. The highest BCUT2D eigenvalue weighted by Crippen LogP contribution is 2.40. The summed E-state index contributed by atoms with van der Waals surface area (Å²) in [7, 11) is 0. The number of ether oxygens (including phenoxy) is 1. The maximum Gasteiger partial charge on any atom is 0.416 e. The number of carbonyl (C=O) groups is 1. The maximum atomic E-state index is 13.0. The molecule has 0 N–H and O–H groups in total. The number of azide groups is 1. The van der Waals surface area contributed by atoms with Gasteiger partial charge in [0.15, 0.2) is 0 Å². The number of fused-ring (bicyclic) bond motifs is 1. The molecular formula is C21H22F3N5O2. The van der Waals surface area contributed by atoms with E-state index in [9.17, 15) is 18.0 Å². The number of nitrogens with zero attached hydrogens (tertiary/aromatic N) is 5. The lowest BCUT2D eigenvalue weighted by Gasteiger charge is -2.44. The van der Waals surface area contributed by atoms with E-state index in [1.54, 1.807) is 6.92 Å². The van der Waals surface area contributed by atoms with Gasteiger partial charge in [-0.05, 0) is 48.9 Å². The number of alkyl halides is 3. The number of carbonyl (C=O) groups excluding carboxylic acids is 1. The third kappa shape index (κ3) is 5.21. The fourth-order valence-electron chi connectivity index (χ4n) is 3.65. The van der Waals surface area contributed by atoms with Crippen molar-refractivity contribution >= 4 is 23.0 Å². The molecule has 1 unspecified atom stereocenters. The van der Waals surface area contributed by atoms with Gasteiger partial charge in [0, 0.05) is 30.2 Å². The zero-order chi connectivity index (χ0) is 22.4. The Kier molecular flexibility index (Phi) is 6.91. The quantitative estimate of drug-likeness (QED) is 0.257. The summed E-state index contributed by atoms with van der Waals surface area (Å²) in [6, 6.07) is 12.1. The van der Waals surface area contributed by atoms with Crippen molar-refractivity contribution < 1.29 is 22.7 Å². The molecule has 1 atom stereocenters. The predicted molar refractivity (Wildman–Crippen MR) is 111 cm³/mol. The Hall–Kier alpha value is -3.39. The number of anilines is 3. The number of rotatable bonds is 7. The standard InChI is InChI=1S/C21H22F3N5O2/c1-2-31-20(30)11-12-28-17(13-26-27-25)14-29(19-6-4-3-5-18(19)28)16-9-7-15(8-10-16)21(22,23)24/h3-10,17H,2,11-14H2,1H3. The van der Waals surface area contributed by atoms with E-state index in [4.69, 9.17) is 10.3 Å². The van der Waals surface area contributed by atoms with E-state index in [-0.39, 0.29) is 25.0 Å². The van der Waals surface area contributed by atoms with Crippen LogP contribution >= 0.6 is 0 Å². The Morgan fingerprint density at radius 3 is 2.48 bits per heavy atom. The molecule has 0 bridgehead atoms. The van der Waals surface area contributed by atoms with E-state index in [1.807, 2.05) is 34.1 Å². The lowest BCUT2D eigenvalue weighted by molar-refractivity contribution is -0.143. The van der Waals surface area contributed by atoms with Gasteiger partial charge in [0.2, 0.25) is 0 Å². The highest BCUT2D eigenvalue weighted by molar-refractivity contribution is 5.81. The molecule has 2 aromatic carbocycles. The fourth-order valence-corrected chi connectivity index (χ4v) is 3.65. The van der Waals surface area contributed by atoms with Crippen molar-refractivity contribution in [2.24, 2.45) is 5.11 Å². The van der Waals surface area contributed by atoms with E-state index in [0.29, 0.717) is 25.4 Å². The second-order valence-corrected chi connectivity index (χ2v) is 6.96. The van der Waals surface area contributed by atoms with Crippen molar-refractivity contribution in [3.05, 3.63) is 64.5 Å². The molecule has 0 spiro atoms. The molecule has 1 aliphatic rings. The smallest absolute Gasteiger partial charge is 0.416 e. The predicted octanol–water partition coefficient (Wildman–Crippen LogP) is 5.30. The molecule has 2 aromatic rings. The maximum absolute atomic E-state index is 13.0. The second kappa shape index (κ2) is 9.61. The second-order valence-electron chi connectivity index (χ2n) is 6.96. The largest absolute Gasteiger partial charge is 0.466 e. The topological polar surface area (TPSA) is 81.5 Å². The first-order chi connectivity index (χ1) is 14.8. The van der Waals surface area contributed by atoms with Crippen LogP contribution in [0.3, 0.4) is 0 Å². The Morgan fingerprint density at radius 2 is 1.87 bits per heavy atom. The number of benzene rings is 2. The van der Waals surface area contributed by atoms with Gasteiger partial charge in [-0.3, -0.25) is 4.79 Å². The zero-order valence-electron chi connectivity index (χ0n) is 16.9. The van der Waals surface area contributed by atoms with Crippen LogP contribution in [-0.2, 0) is 15.7 Å². The number of hydrogen-bond donors (Lipinski definition) is 0. The fraction of sp³-hybridized carbons (Fsp3) is 0.381. The molecular weight excluding hydrogens is 411 g/mol. The summed E-state index contributed by atoms with van der Waals surface area (Å²) in [5.74, 6) is -0.326. The first-order valence-electron chi connectivity index (χ1n) is 9.82. The van der Waals surface area contributed by atoms with Gasteiger partial charge < -0.3 is 14.5 Å². The molecule has 164 valence electrons. The van der Waals surface area contributed by atoms with E-state index >= 15 is 0 Å². The molecule has 0 saturated heterocycles. The van der Waals surface area contributed by atoms with E-state index in [1.165, 1.54) is 12.1 Å². The Bertz CT molecular complexity index is 958. The number of hydrogen-bond acceptors (Lipinski definition) is 5. The molecule has 10 heteroatoms. The van der Waals surface area contributed by atoms with Crippen LogP contribution in [0.5, 0.6) is 0 Å². The van der Waals surface area contributed by atoms with Gasteiger partial charge in [0.25, 0.3) is 0 Å². The molecule has 7 nitrogen and oxygen atoms in total. The Morgan fingerprint density at radius 1 is 1.19 bits per heavy atom. The minimum Gasteiger partial charge on any atom is -0.466 e. The summed E-state index contributed by atoms with van der Waals surface area (Å²) in [5, 5.41) is 3.70. The van der Waals surface area contributed by atoms with Crippen LogP contribution in [0.1, 0.15) is 18.9 Å². The summed E-state index contributed by atoms with van der Waals surface area (Å²) in [6.07, 6.45) is -4.25. The molecule has 1 heterocycles. The van der Waals surface area contributed by atoms with Gasteiger partial charge in [-0.2, -0.15) is 13.2 Å². The molecule has 3 rings (SSSR count). The van der Waals surface area contributed by atoms with Crippen molar-refractivity contribution in [1.29, 1.82) is 0 Å². The van der Waals surface area contributed by atoms with Crippen molar-refractivity contribution in [1.82, 2.24) is 0 Å². The van der Waals surface area contributed by atoms with Crippen molar-refractivity contribution in [2.45, 2.75) is 25.6 Å². The summed E-state index contributed by atoms with van der Waals surface area (Å²) < 4.78 is 43.9. The SMILES string of the molecule is CCOC(=O)CCN1c2ccccc2N(c2ccc(C(F)(F)F)cc2)CC1CN=[N+]=[N-]. The number of halogens is 3. The first kappa shape index (κ1) is 22.3. The normalized spacial score (nSPS) is 15.8. The lowest BCUT2D eigenvalue weighted by Crippen LogP contribution is -2.50. The summed E-state index contributed by atoms with van der Waals surface area (Å²) >= 11 is 0. The van der Waals surface area contributed by atoms with Crippen LogP contribution in [-0.4, -0.2) is 38.3 Å². The van der Waals surface area contributed by atoms with E-state index < -0.39 is 11.7 Å². The average molecular weight is 433 g/mol. The van der Waals surface area contributed by atoms with E-state index in [2.05, 4.69) is 10.0 Å². The average Bonchev–Trinajstić information content (AvgIpc) is 2.75. The molecule has 1 aliphatic heterocycles. The summed E-state index contributed by atoms with van der Waals surface area (Å²) in [5.41, 5.74) is 10.3. The zero-order valence-corrected chi connectivity index (χ0v) is 16.9. The van der Waals surface area contributed by atoms with Crippen molar-refractivity contribution in [3.8, 4) is 0 Å². The van der Waals surface area contributed by atoms with Gasteiger partial charge in [-0.1, -0.05) is 17.2 Å². The third-order valence-electron chi connectivity index (χ3n) is 5.04. The lowest BCUT2D eigenvalue weighted by atomic mass is 10.0. The molecule has 0 amide bonds. The molecule has 0 saturated carbocycles. The third-order valence-corrected chi connectivity index (χ3v) is 5.04. The summed E-state index contributed by atoms with van der Waals surface area (Å²) in [6.45, 7) is 2.91. The molecule has 0 aliphatic carbocycles. The molecule has 0 fully saturated rings. The van der Waals surface area contributed by atoms with Crippen molar-refractivity contribution in [3.63, 3.8) is 0 Å². The van der Waals surface area contributed by atoms with Crippen LogP contribution in [0.15, 0.2) is 53.6 Å². The Balaban J connectivity index is 1.95. The van der Waals surface area contributed by atoms with Crippen molar-refractivity contribution in [2.75, 3.05) is 36.0 Å². The van der Waals surface area contributed by atoms with E-state index in [0.717, 1.165) is 23.5 Å². The van der Waals surface area contributed by atoms with Crippen LogP contribution in [0.25, 0.3) is 10.4 Å². The number of para-hydroxylation sites is 2. The molecule has 0 radical (unpaired) electrons. The van der Waals surface area contributed by atoms with Crippen LogP contribution in [0.2, 0.25) is 0 Å². The minimum atomic E-state index is -4.41. The van der Waals surface area contributed by atoms with Gasteiger partial charge >= 0.3 is 12.1 Å². The minimum absolute atomic E-state index is 0.144. The summed E-state index contributed by atoms with van der Waals surface area (Å²) in [4.78, 5) is 18.6. The van der Waals surface area contributed by atoms with Gasteiger partial charge in [-0.25, -0.2) is 0 Å². The van der Waals surface area contributed by atoms with Gasteiger partial charge in [0.1, 0.15) is 0 Å². The highest BCUT2D eigenvalue weighted by Gasteiger charge is 2.33. The van der Waals surface area contributed by atoms with Gasteiger partial charge in [-0.15, -0.1) is 0 Å². The van der Waals surface area contributed by atoms with Crippen LogP contribution < -0.4 is 9.80 Å². The van der Waals surface area contributed by atoms with Crippen LogP contribution in [0, 0.1) is 0 Å². The monoisotopic (exact) mass is 433 g/mol. The number of esters is 1. The molecule has 0 aromatic heterocycles. The molecule has 31 heavy (non-hydrogen) atoms. The van der Waals surface area contributed by atoms with Crippen LogP contribution in [0.4, 0.5) is 30.2 Å².